The molecule has 1 N–H and O–H groups in total. The molecule has 0 aliphatic heterocycles. The van der Waals surface area contributed by atoms with Gasteiger partial charge in [-0.1, -0.05) is 18.2 Å². The normalized spacial score (nSPS) is 10.2. The molecule has 2 aromatic carbocycles. The van der Waals surface area contributed by atoms with Crippen molar-refractivity contribution in [2.75, 3.05) is 12.4 Å². The van der Waals surface area contributed by atoms with Gasteiger partial charge < -0.3 is 10.1 Å². The van der Waals surface area contributed by atoms with E-state index in [2.05, 4.69) is 27.9 Å². The lowest BCUT2D eigenvalue weighted by molar-refractivity contribution is -0.116. The van der Waals surface area contributed by atoms with Gasteiger partial charge >= 0.3 is 0 Å². The molecule has 1 amide bonds. The summed E-state index contributed by atoms with van der Waals surface area (Å²) < 4.78 is 19.4. The molecule has 0 aliphatic rings. The Kier molecular flexibility index (Phi) is 5.55. The lowest BCUT2D eigenvalue weighted by atomic mass is 10.1. The number of carbonyl (C=O) groups is 1. The lowest BCUT2D eigenvalue weighted by Gasteiger charge is -2.08. The number of hydrogen-bond acceptors (Lipinski definition) is 2. The van der Waals surface area contributed by atoms with Crippen molar-refractivity contribution < 1.29 is 13.9 Å². The summed E-state index contributed by atoms with van der Waals surface area (Å²) in [4.78, 5) is 11.9. The zero-order valence-corrected chi connectivity index (χ0v) is 13.7. The molecule has 3 nitrogen and oxygen atoms in total. The number of amides is 1. The van der Waals surface area contributed by atoms with Gasteiger partial charge in [0, 0.05) is 9.99 Å². The van der Waals surface area contributed by atoms with E-state index in [0.29, 0.717) is 12.8 Å². The summed E-state index contributed by atoms with van der Waals surface area (Å²) in [6.45, 7) is 0. The Labute approximate surface area is 136 Å². The van der Waals surface area contributed by atoms with E-state index in [0.717, 1.165) is 14.8 Å². The SMILES string of the molecule is COc1ccc(CCC(=O)Nc2ccccc2I)cc1F. The van der Waals surface area contributed by atoms with E-state index in [9.17, 15) is 9.18 Å². The quantitative estimate of drug-likeness (QED) is 0.772. The van der Waals surface area contributed by atoms with Crippen LogP contribution in [0.3, 0.4) is 0 Å². The van der Waals surface area contributed by atoms with Crippen LogP contribution in [0.25, 0.3) is 0 Å². The third-order valence-electron chi connectivity index (χ3n) is 3.00. The number of rotatable bonds is 5. The number of benzene rings is 2. The van der Waals surface area contributed by atoms with Crippen molar-refractivity contribution in [3.63, 3.8) is 0 Å². The van der Waals surface area contributed by atoms with E-state index >= 15 is 0 Å². The van der Waals surface area contributed by atoms with E-state index in [1.54, 1.807) is 12.1 Å². The van der Waals surface area contributed by atoms with Crippen LogP contribution >= 0.6 is 22.6 Å². The van der Waals surface area contributed by atoms with Gasteiger partial charge in [-0.15, -0.1) is 0 Å². The minimum atomic E-state index is -0.409. The third-order valence-corrected chi connectivity index (χ3v) is 3.95. The summed E-state index contributed by atoms with van der Waals surface area (Å²) in [5, 5.41) is 2.85. The van der Waals surface area contributed by atoms with Gasteiger partial charge in [-0.2, -0.15) is 0 Å². The molecule has 0 bridgehead atoms. The molecule has 0 aliphatic carbocycles. The monoisotopic (exact) mass is 399 g/mol. The Hall–Kier alpha value is -1.63. The second-order valence-corrected chi connectivity index (χ2v) is 5.66. The average Bonchev–Trinajstić information content (AvgIpc) is 2.48. The molecule has 0 spiro atoms. The minimum absolute atomic E-state index is 0.0876. The Morgan fingerprint density at radius 2 is 2.05 bits per heavy atom. The largest absolute Gasteiger partial charge is 0.494 e. The first kappa shape index (κ1) is 15.8. The standard InChI is InChI=1S/C16H15FINO2/c1-21-15-8-6-11(10-12(15)17)7-9-16(20)19-14-5-3-2-4-13(14)18/h2-6,8,10H,7,9H2,1H3,(H,19,20). The molecule has 0 aromatic heterocycles. The lowest BCUT2D eigenvalue weighted by Crippen LogP contribution is -2.13. The highest BCUT2D eigenvalue weighted by molar-refractivity contribution is 14.1. The zero-order valence-electron chi connectivity index (χ0n) is 11.5. The van der Waals surface area contributed by atoms with Crippen LogP contribution in [0, 0.1) is 9.39 Å². The fourth-order valence-electron chi connectivity index (χ4n) is 1.90. The predicted molar refractivity (Wildman–Crippen MR) is 89.1 cm³/mol. The number of carbonyl (C=O) groups excluding carboxylic acids is 1. The van der Waals surface area contributed by atoms with Gasteiger partial charge in [-0.3, -0.25) is 4.79 Å². The Bertz CT molecular complexity index is 646. The molecular formula is C16H15FINO2. The molecule has 0 heterocycles. The fraction of sp³-hybridized carbons (Fsp3) is 0.188. The highest BCUT2D eigenvalue weighted by Gasteiger charge is 2.07. The molecule has 110 valence electrons. The van der Waals surface area contributed by atoms with Crippen LogP contribution in [0.4, 0.5) is 10.1 Å². The molecule has 0 saturated heterocycles. The maximum absolute atomic E-state index is 13.5. The second-order valence-electron chi connectivity index (χ2n) is 4.50. The summed E-state index contributed by atoms with van der Waals surface area (Å²) >= 11 is 2.17. The molecule has 5 heteroatoms. The van der Waals surface area contributed by atoms with Crippen molar-refractivity contribution in [1.82, 2.24) is 0 Å². The number of methoxy groups -OCH3 is 1. The predicted octanol–water partition coefficient (Wildman–Crippen LogP) is 4.01. The van der Waals surface area contributed by atoms with Gasteiger partial charge in [0.05, 0.1) is 12.8 Å². The van der Waals surface area contributed by atoms with E-state index in [1.165, 1.54) is 13.2 Å². The number of para-hydroxylation sites is 1. The molecule has 0 atom stereocenters. The van der Waals surface area contributed by atoms with E-state index in [1.807, 2.05) is 24.3 Å². The summed E-state index contributed by atoms with van der Waals surface area (Å²) in [5.74, 6) is -0.287. The van der Waals surface area contributed by atoms with E-state index in [-0.39, 0.29) is 11.7 Å². The van der Waals surface area contributed by atoms with Crippen LogP contribution in [0.2, 0.25) is 0 Å². The fourth-order valence-corrected chi connectivity index (χ4v) is 2.42. The number of nitrogens with one attached hydrogen (secondary N) is 1. The maximum Gasteiger partial charge on any atom is 0.224 e. The van der Waals surface area contributed by atoms with Gasteiger partial charge in [0.25, 0.3) is 0 Å². The van der Waals surface area contributed by atoms with Crippen molar-refractivity contribution in [2.45, 2.75) is 12.8 Å². The van der Waals surface area contributed by atoms with Crippen molar-refractivity contribution in [2.24, 2.45) is 0 Å². The highest BCUT2D eigenvalue weighted by atomic mass is 127. The molecule has 0 fully saturated rings. The molecule has 0 radical (unpaired) electrons. The summed E-state index contributed by atoms with van der Waals surface area (Å²) in [5.41, 5.74) is 1.57. The van der Waals surface area contributed by atoms with Crippen LogP contribution in [0.1, 0.15) is 12.0 Å². The van der Waals surface area contributed by atoms with Crippen molar-refractivity contribution in [3.05, 3.63) is 57.4 Å². The van der Waals surface area contributed by atoms with Crippen LogP contribution in [0.15, 0.2) is 42.5 Å². The van der Waals surface area contributed by atoms with Crippen LogP contribution in [0.5, 0.6) is 5.75 Å². The van der Waals surface area contributed by atoms with Crippen LogP contribution in [-0.4, -0.2) is 13.0 Å². The second kappa shape index (κ2) is 7.40. The van der Waals surface area contributed by atoms with Gasteiger partial charge in [0.1, 0.15) is 0 Å². The van der Waals surface area contributed by atoms with Crippen molar-refractivity contribution in [1.29, 1.82) is 0 Å². The van der Waals surface area contributed by atoms with Crippen LogP contribution in [-0.2, 0) is 11.2 Å². The smallest absolute Gasteiger partial charge is 0.224 e. The average molecular weight is 399 g/mol. The molecule has 0 saturated carbocycles. The van der Waals surface area contributed by atoms with Gasteiger partial charge in [-0.25, -0.2) is 4.39 Å². The number of ether oxygens (including phenoxy) is 1. The molecule has 2 aromatic rings. The molecule has 21 heavy (non-hydrogen) atoms. The molecule has 2 rings (SSSR count). The highest BCUT2D eigenvalue weighted by Crippen LogP contribution is 2.19. The minimum Gasteiger partial charge on any atom is -0.494 e. The first-order chi connectivity index (χ1) is 10.1. The summed E-state index contributed by atoms with van der Waals surface area (Å²) in [6.07, 6.45) is 0.785. The van der Waals surface area contributed by atoms with Crippen molar-refractivity contribution in [3.8, 4) is 5.75 Å². The molecule has 0 unspecified atom stereocenters. The number of aryl methyl sites for hydroxylation is 1. The number of halogens is 2. The number of anilines is 1. The Morgan fingerprint density at radius 3 is 2.71 bits per heavy atom. The summed E-state index contributed by atoms with van der Waals surface area (Å²) in [7, 11) is 1.42. The topological polar surface area (TPSA) is 38.3 Å². The van der Waals surface area contributed by atoms with Gasteiger partial charge in [-0.05, 0) is 58.8 Å². The molecular weight excluding hydrogens is 384 g/mol. The zero-order chi connectivity index (χ0) is 15.2. The number of hydrogen-bond donors (Lipinski definition) is 1. The van der Waals surface area contributed by atoms with Gasteiger partial charge in [0.2, 0.25) is 5.91 Å². The first-order valence-corrected chi connectivity index (χ1v) is 7.55. The maximum atomic E-state index is 13.5. The van der Waals surface area contributed by atoms with Gasteiger partial charge in [0.15, 0.2) is 11.6 Å². The third kappa shape index (κ3) is 4.42. The Balaban J connectivity index is 1.92. The summed E-state index contributed by atoms with van der Waals surface area (Å²) in [6, 6.07) is 12.3. The Morgan fingerprint density at radius 1 is 1.29 bits per heavy atom. The van der Waals surface area contributed by atoms with Crippen molar-refractivity contribution >= 4 is 34.2 Å². The first-order valence-electron chi connectivity index (χ1n) is 6.47. The van der Waals surface area contributed by atoms with E-state index in [4.69, 9.17) is 4.74 Å². The van der Waals surface area contributed by atoms with E-state index < -0.39 is 5.82 Å². The van der Waals surface area contributed by atoms with Crippen LogP contribution < -0.4 is 10.1 Å².